The smallest absolute Gasteiger partial charge is 0.0459 e. The van der Waals surface area contributed by atoms with Crippen LogP contribution in [0.4, 0.5) is 0 Å². The molecule has 1 saturated heterocycles. The van der Waals surface area contributed by atoms with E-state index in [1.54, 1.807) is 0 Å². The first-order valence-electron chi connectivity index (χ1n) is 6.81. The Balaban J connectivity index is 1.99. The number of hydrogen-bond acceptors (Lipinski definition) is 2. The van der Waals surface area contributed by atoms with Crippen molar-refractivity contribution in [3.05, 3.63) is 35.5 Å². The maximum atomic E-state index is 6.53. The fourth-order valence-electron chi connectivity index (χ4n) is 3.17. The van der Waals surface area contributed by atoms with E-state index in [0.29, 0.717) is 5.92 Å². The number of aromatic nitrogens is 1. The van der Waals surface area contributed by atoms with Crippen molar-refractivity contribution in [2.45, 2.75) is 25.8 Å². The van der Waals surface area contributed by atoms with Gasteiger partial charge in [-0.05, 0) is 50.4 Å². The number of hydrogen-bond donors (Lipinski definition) is 3. The molecule has 96 valence electrons. The molecule has 3 rings (SSSR count). The monoisotopic (exact) mass is 243 g/mol. The number of fused-ring (bicyclic) bond motifs is 1. The lowest BCUT2D eigenvalue weighted by Gasteiger charge is -2.28. The zero-order valence-electron chi connectivity index (χ0n) is 10.9. The van der Waals surface area contributed by atoms with E-state index in [0.717, 1.165) is 13.1 Å². The van der Waals surface area contributed by atoms with Gasteiger partial charge >= 0.3 is 0 Å². The predicted octanol–water partition coefficient (Wildman–Crippen LogP) is 2.48. The third kappa shape index (κ3) is 1.93. The molecule has 1 aliphatic rings. The van der Waals surface area contributed by atoms with E-state index >= 15 is 0 Å². The number of aromatic amines is 1. The van der Waals surface area contributed by atoms with Crippen LogP contribution in [-0.4, -0.2) is 18.1 Å². The summed E-state index contributed by atoms with van der Waals surface area (Å²) in [6, 6.07) is 8.62. The Bertz CT molecular complexity index is 538. The molecular formula is C15H21N3. The van der Waals surface area contributed by atoms with Gasteiger partial charge in [0.15, 0.2) is 0 Å². The number of rotatable bonds is 2. The minimum atomic E-state index is 0.156. The van der Waals surface area contributed by atoms with Crippen LogP contribution in [0, 0.1) is 12.8 Å². The summed E-state index contributed by atoms with van der Waals surface area (Å²) < 4.78 is 0. The lowest BCUT2D eigenvalue weighted by Crippen LogP contribution is -2.33. The molecule has 1 aromatic carbocycles. The number of nitrogens with two attached hydrogens (primary N) is 1. The second-order valence-electron chi connectivity index (χ2n) is 5.32. The van der Waals surface area contributed by atoms with Crippen LogP contribution in [0.15, 0.2) is 24.3 Å². The molecule has 2 heterocycles. The number of piperidine rings is 1. The molecule has 3 nitrogen and oxygen atoms in total. The minimum Gasteiger partial charge on any atom is -0.358 e. The van der Waals surface area contributed by atoms with Gasteiger partial charge in [0.2, 0.25) is 0 Å². The lowest BCUT2D eigenvalue weighted by molar-refractivity contribution is 0.322. The maximum absolute atomic E-state index is 6.53. The van der Waals surface area contributed by atoms with Crippen LogP contribution in [0.3, 0.4) is 0 Å². The Morgan fingerprint density at radius 1 is 1.22 bits per heavy atom. The predicted molar refractivity (Wildman–Crippen MR) is 75.6 cm³/mol. The summed E-state index contributed by atoms with van der Waals surface area (Å²) >= 11 is 0. The summed E-state index contributed by atoms with van der Waals surface area (Å²) in [6.45, 7) is 4.33. The SMILES string of the molecule is Cc1[nH]c2ccccc2c1C(N)C1CCNCC1. The topological polar surface area (TPSA) is 53.8 Å². The average molecular weight is 243 g/mol. The molecule has 4 N–H and O–H groups in total. The van der Waals surface area contributed by atoms with Gasteiger partial charge in [0, 0.05) is 22.6 Å². The standard InChI is InChI=1S/C15H21N3/c1-10-14(12-4-2-3-5-13(12)18-10)15(16)11-6-8-17-9-7-11/h2-5,11,15,17-18H,6-9,16H2,1H3. The van der Waals surface area contributed by atoms with Gasteiger partial charge in [-0.2, -0.15) is 0 Å². The maximum Gasteiger partial charge on any atom is 0.0459 e. The van der Waals surface area contributed by atoms with Crippen molar-refractivity contribution in [2.24, 2.45) is 11.7 Å². The second kappa shape index (κ2) is 4.75. The van der Waals surface area contributed by atoms with Crippen LogP contribution in [0.5, 0.6) is 0 Å². The highest BCUT2D eigenvalue weighted by Crippen LogP contribution is 2.33. The molecule has 0 bridgehead atoms. The van der Waals surface area contributed by atoms with Crippen LogP contribution in [0.1, 0.15) is 30.1 Å². The van der Waals surface area contributed by atoms with Crippen molar-refractivity contribution in [3.63, 3.8) is 0 Å². The molecule has 1 unspecified atom stereocenters. The highest BCUT2D eigenvalue weighted by Gasteiger charge is 2.25. The van der Waals surface area contributed by atoms with Crippen molar-refractivity contribution in [1.82, 2.24) is 10.3 Å². The van der Waals surface area contributed by atoms with Crippen molar-refractivity contribution in [2.75, 3.05) is 13.1 Å². The van der Waals surface area contributed by atoms with E-state index in [1.165, 1.54) is 35.0 Å². The molecule has 0 radical (unpaired) electrons. The minimum absolute atomic E-state index is 0.156. The van der Waals surface area contributed by atoms with Gasteiger partial charge in [0.05, 0.1) is 0 Å². The van der Waals surface area contributed by atoms with E-state index in [9.17, 15) is 0 Å². The molecule has 18 heavy (non-hydrogen) atoms. The zero-order valence-corrected chi connectivity index (χ0v) is 10.9. The van der Waals surface area contributed by atoms with Gasteiger partial charge in [0.1, 0.15) is 0 Å². The largest absolute Gasteiger partial charge is 0.358 e. The van der Waals surface area contributed by atoms with Gasteiger partial charge in [0.25, 0.3) is 0 Å². The molecule has 1 atom stereocenters. The molecule has 0 spiro atoms. The summed E-state index contributed by atoms with van der Waals surface area (Å²) in [5.74, 6) is 0.601. The van der Waals surface area contributed by atoms with Crippen molar-refractivity contribution >= 4 is 10.9 Å². The van der Waals surface area contributed by atoms with Crippen molar-refractivity contribution < 1.29 is 0 Å². The molecule has 0 saturated carbocycles. The molecular weight excluding hydrogens is 222 g/mol. The van der Waals surface area contributed by atoms with E-state index in [4.69, 9.17) is 5.73 Å². The van der Waals surface area contributed by atoms with Gasteiger partial charge in [-0.3, -0.25) is 0 Å². The summed E-state index contributed by atoms with van der Waals surface area (Å²) in [4.78, 5) is 3.45. The highest BCUT2D eigenvalue weighted by molar-refractivity contribution is 5.85. The molecule has 2 aromatic rings. The molecule has 0 amide bonds. The molecule has 1 aliphatic heterocycles. The first-order valence-corrected chi connectivity index (χ1v) is 6.81. The van der Waals surface area contributed by atoms with E-state index in [-0.39, 0.29) is 6.04 Å². The molecule has 1 aromatic heterocycles. The quantitative estimate of drug-likeness (QED) is 0.759. The number of nitrogens with one attached hydrogen (secondary N) is 2. The van der Waals surface area contributed by atoms with Crippen LogP contribution in [0.2, 0.25) is 0 Å². The van der Waals surface area contributed by atoms with Crippen LogP contribution < -0.4 is 11.1 Å². The third-order valence-electron chi connectivity index (χ3n) is 4.17. The normalized spacial score (nSPS) is 19.2. The molecule has 3 heteroatoms. The first kappa shape index (κ1) is 11.8. The van der Waals surface area contributed by atoms with Gasteiger partial charge in [-0.25, -0.2) is 0 Å². The van der Waals surface area contributed by atoms with Gasteiger partial charge in [-0.1, -0.05) is 18.2 Å². The van der Waals surface area contributed by atoms with Gasteiger partial charge in [-0.15, -0.1) is 0 Å². The van der Waals surface area contributed by atoms with Crippen LogP contribution in [-0.2, 0) is 0 Å². The third-order valence-corrected chi connectivity index (χ3v) is 4.17. The van der Waals surface area contributed by atoms with Crippen molar-refractivity contribution in [3.8, 4) is 0 Å². The second-order valence-corrected chi connectivity index (χ2v) is 5.32. The molecule has 0 aliphatic carbocycles. The van der Waals surface area contributed by atoms with Gasteiger partial charge < -0.3 is 16.0 Å². The number of H-pyrrole nitrogens is 1. The zero-order chi connectivity index (χ0) is 12.5. The Morgan fingerprint density at radius 2 is 1.94 bits per heavy atom. The van der Waals surface area contributed by atoms with E-state index in [2.05, 4.69) is 41.5 Å². The van der Waals surface area contributed by atoms with Crippen molar-refractivity contribution in [1.29, 1.82) is 0 Å². The Labute approximate surface area is 108 Å². The molecule has 1 fully saturated rings. The summed E-state index contributed by atoms with van der Waals surface area (Å²) in [5.41, 5.74) is 10.3. The summed E-state index contributed by atoms with van der Waals surface area (Å²) in [5, 5.41) is 4.70. The number of para-hydroxylation sites is 1. The Morgan fingerprint density at radius 3 is 2.72 bits per heavy atom. The average Bonchev–Trinajstić information content (AvgIpc) is 2.75. The number of benzene rings is 1. The fourth-order valence-corrected chi connectivity index (χ4v) is 3.17. The number of aryl methyl sites for hydroxylation is 1. The van der Waals surface area contributed by atoms with Crippen LogP contribution >= 0.6 is 0 Å². The van der Waals surface area contributed by atoms with Crippen LogP contribution in [0.25, 0.3) is 10.9 Å². The summed E-state index contributed by atoms with van der Waals surface area (Å²) in [6.07, 6.45) is 2.36. The lowest BCUT2D eigenvalue weighted by atomic mass is 9.85. The Kier molecular flexibility index (Phi) is 3.10. The fraction of sp³-hybridized carbons (Fsp3) is 0.467. The van der Waals surface area contributed by atoms with E-state index < -0.39 is 0 Å². The summed E-state index contributed by atoms with van der Waals surface area (Å²) in [7, 11) is 0. The van der Waals surface area contributed by atoms with E-state index in [1.807, 2.05) is 0 Å². The first-order chi connectivity index (χ1) is 8.77. The highest BCUT2D eigenvalue weighted by atomic mass is 14.9. The Hall–Kier alpha value is -1.32.